The number of phosphoric acid groups is 1. The molecule has 0 aromatic heterocycles. The normalized spacial score (nSPS) is 23.2. The van der Waals surface area contributed by atoms with E-state index in [0.29, 0.717) is 11.5 Å². The predicted molar refractivity (Wildman–Crippen MR) is 142 cm³/mol. The molecule has 13 heteroatoms. The van der Waals surface area contributed by atoms with Crippen molar-refractivity contribution < 1.29 is 37.5 Å². The SMILES string of the molecule is B[C@@H]1O[C@H](COC(=O)OCc2ccccc2)[C@H](OP(=O)(O)OC)C1C/C=C/CCCCNC(=S)NC. The number of ether oxygens (including phenoxy) is 3. The summed E-state index contributed by atoms with van der Waals surface area (Å²) in [6.45, 7) is 0.686. The number of carbonyl (C=O) groups is 1. The van der Waals surface area contributed by atoms with Gasteiger partial charge in [0.25, 0.3) is 0 Å². The first kappa shape index (κ1) is 30.3. The summed E-state index contributed by atoms with van der Waals surface area (Å²) in [6, 6.07) is 8.92. The summed E-state index contributed by atoms with van der Waals surface area (Å²) in [5, 5.41) is 6.60. The summed E-state index contributed by atoms with van der Waals surface area (Å²) >= 11 is 5.04. The van der Waals surface area contributed by atoms with Crippen molar-refractivity contribution in [2.45, 2.75) is 50.5 Å². The van der Waals surface area contributed by atoms with Gasteiger partial charge in [0.1, 0.15) is 33.3 Å². The molecule has 36 heavy (non-hydrogen) atoms. The molecule has 1 aromatic rings. The minimum absolute atomic E-state index is 0.0721. The lowest BCUT2D eigenvalue weighted by atomic mass is 9.82. The average Bonchev–Trinajstić information content (AvgIpc) is 3.16. The van der Waals surface area contributed by atoms with Gasteiger partial charge in [0.2, 0.25) is 0 Å². The zero-order chi connectivity index (χ0) is 26.4. The molecule has 1 aliphatic rings. The van der Waals surface area contributed by atoms with Crippen molar-refractivity contribution in [1.29, 1.82) is 0 Å². The van der Waals surface area contributed by atoms with Crippen LogP contribution >= 0.6 is 20.0 Å². The van der Waals surface area contributed by atoms with Crippen molar-refractivity contribution >= 4 is 39.2 Å². The Bertz CT molecular complexity index is 894. The summed E-state index contributed by atoms with van der Waals surface area (Å²) < 4.78 is 38.5. The van der Waals surface area contributed by atoms with Crippen LogP contribution in [0.15, 0.2) is 42.5 Å². The van der Waals surface area contributed by atoms with Crippen LogP contribution in [0.25, 0.3) is 0 Å². The number of allylic oxidation sites excluding steroid dienone is 2. The van der Waals surface area contributed by atoms with Gasteiger partial charge in [0, 0.05) is 32.6 Å². The molecule has 1 fully saturated rings. The molecule has 0 spiro atoms. The Hall–Kier alpha value is -1.95. The van der Waals surface area contributed by atoms with E-state index in [1.807, 2.05) is 44.3 Å². The molecule has 1 aromatic carbocycles. The highest BCUT2D eigenvalue weighted by Crippen LogP contribution is 2.48. The van der Waals surface area contributed by atoms with E-state index in [1.54, 1.807) is 7.05 Å². The average molecular weight is 542 g/mol. The first-order chi connectivity index (χ1) is 17.3. The van der Waals surface area contributed by atoms with E-state index in [9.17, 15) is 14.3 Å². The molecular formula is C23H36BN2O8PS. The Balaban J connectivity index is 1.85. The Labute approximate surface area is 219 Å². The lowest BCUT2D eigenvalue weighted by Gasteiger charge is -2.24. The fourth-order valence-electron chi connectivity index (χ4n) is 3.76. The number of hydrogen-bond donors (Lipinski definition) is 3. The van der Waals surface area contributed by atoms with Crippen LogP contribution in [0.1, 0.15) is 31.2 Å². The van der Waals surface area contributed by atoms with E-state index in [2.05, 4.69) is 21.2 Å². The molecule has 0 radical (unpaired) electrons. The van der Waals surface area contributed by atoms with Crippen LogP contribution in [0.5, 0.6) is 0 Å². The molecule has 1 saturated heterocycles. The van der Waals surface area contributed by atoms with Gasteiger partial charge in [-0.2, -0.15) is 0 Å². The van der Waals surface area contributed by atoms with Gasteiger partial charge in [-0.25, -0.2) is 9.36 Å². The highest BCUT2D eigenvalue weighted by Gasteiger charge is 2.46. The molecule has 0 aliphatic carbocycles. The largest absolute Gasteiger partial charge is 0.508 e. The quantitative estimate of drug-likeness (QED) is 0.0803. The maximum Gasteiger partial charge on any atom is 0.508 e. The lowest BCUT2D eigenvalue weighted by molar-refractivity contribution is -0.0303. The minimum atomic E-state index is -4.29. The van der Waals surface area contributed by atoms with Gasteiger partial charge < -0.3 is 29.7 Å². The van der Waals surface area contributed by atoms with E-state index < -0.39 is 26.2 Å². The molecule has 5 atom stereocenters. The Morgan fingerprint density at radius 1 is 1.25 bits per heavy atom. The summed E-state index contributed by atoms with van der Waals surface area (Å²) in [4.78, 5) is 22.0. The number of thiocarbonyl (C=S) groups is 1. The van der Waals surface area contributed by atoms with Crippen molar-refractivity contribution in [3.05, 3.63) is 48.0 Å². The predicted octanol–water partition coefficient (Wildman–Crippen LogP) is 2.66. The topological polar surface area (TPSA) is 125 Å². The van der Waals surface area contributed by atoms with Gasteiger partial charge in [-0.3, -0.25) is 9.05 Å². The lowest BCUT2D eigenvalue weighted by Crippen LogP contribution is -2.34. The highest BCUT2D eigenvalue weighted by molar-refractivity contribution is 7.80. The number of benzene rings is 1. The van der Waals surface area contributed by atoms with E-state index in [4.69, 9.17) is 31.0 Å². The summed E-state index contributed by atoms with van der Waals surface area (Å²) in [5.41, 5.74) is 0.826. The van der Waals surface area contributed by atoms with E-state index in [-0.39, 0.29) is 25.1 Å². The third-order valence-corrected chi connectivity index (χ3v) is 7.04. The number of unbranched alkanes of at least 4 members (excludes halogenated alkanes) is 2. The van der Waals surface area contributed by atoms with Gasteiger partial charge in [-0.05, 0) is 43.5 Å². The standard InChI is InChI=1S/C23H36BN2O8PS/c1-25-22(36)26-14-10-5-3-4-9-13-18-20(34-35(28,29)30-2)19(33-21(18)24)16-32-23(27)31-15-17-11-7-6-8-12-17/h4,6-9,11-12,18-21H,3,5,10,13-16,24H2,1-2H3,(H,28,29)(H2,25,26,36)/b9-4+/t18?,19-,20-,21-/m1/s1. The van der Waals surface area contributed by atoms with Gasteiger partial charge >= 0.3 is 14.0 Å². The molecule has 200 valence electrons. The van der Waals surface area contributed by atoms with Gasteiger partial charge in [-0.15, -0.1) is 0 Å². The second-order valence-electron chi connectivity index (χ2n) is 8.31. The Kier molecular flexibility index (Phi) is 13.5. The third kappa shape index (κ3) is 11.0. The van der Waals surface area contributed by atoms with Crippen LogP contribution < -0.4 is 10.6 Å². The summed E-state index contributed by atoms with van der Waals surface area (Å²) in [5.74, 6) is -0.236. The molecule has 0 amide bonds. The zero-order valence-corrected chi connectivity index (χ0v) is 22.7. The molecule has 0 saturated carbocycles. The molecule has 2 unspecified atom stereocenters. The third-order valence-electron chi connectivity index (χ3n) is 5.72. The van der Waals surface area contributed by atoms with Crippen LogP contribution in [0.3, 0.4) is 0 Å². The van der Waals surface area contributed by atoms with Crippen LogP contribution in [0.2, 0.25) is 0 Å². The zero-order valence-electron chi connectivity index (χ0n) is 21.0. The van der Waals surface area contributed by atoms with Crippen molar-refractivity contribution in [3.8, 4) is 0 Å². The summed E-state index contributed by atoms with van der Waals surface area (Å²) in [7, 11) is 0.438. The van der Waals surface area contributed by atoms with Gasteiger partial charge in [-0.1, -0.05) is 42.5 Å². The van der Waals surface area contributed by atoms with Crippen molar-refractivity contribution in [3.63, 3.8) is 0 Å². The number of carbonyl (C=O) groups excluding carboxylic acids is 1. The number of phosphoric ester groups is 1. The summed E-state index contributed by atoms with van der Waals surface area (Å²) in [6.07, 6.45) is 5.07. The number of hydrogen-bond acceptors (Lipinski definition) is 8. The molecule has 10 nitrogen and oxygen atoms in total. The second-order valence-corrected chi connectivity index (χ2v) is 10.2. The minimum Gasteiger partial charge on any atom is -0.431 e. The van der Waals surface area contributed by atoms with Crippen LogP contribution in [-0.2, 0) is 34.4 Å². The highest BCUT2D eigenvalue weighted by atomic mass is 32.1. The molecule has 0 bridgehead atoms. The maximum absolute atomic E-state index is 12.2. The molecule has 3 N–H and O–H groups in total. The first-order valence-electron chi connectivity index (χ1n) is 11.9. The van der Waals surface area contributed by atoms with Gasteiger partial charge in [0.15, 0.2) is 5.11 Å². The van der Waals surface area contributed by atoms with Crippen LogP contribution in [-0.4, -0.2) is 69.5 Å². The van der Waals surface area contributed by atoms with Crippen LogP contribution in [0, 0.1) is 5.92 Å². The van der Waals surface area contributed by atoms with E-state index in [1.165, 1.54) is 0 Å². The molecule has 1 aliphatic heterocycles. The first-order valence-corrected chi connectivity index (χ1v) is 13.8. The van der Waals surface area contributed by atoms with E-state index >= 15 is 0 Å². The van der Waals surface area contributed by atoms with Crippen molar-refractivity contribution in [2.75, 3.05) is 27.3 Å². The fraction of sp³-hybridized carbons (Fsp3) is 0.565. The smallest absolute Gasteiger partial charge is 0.431 e. The van der Waals surface area contributed by atoms with Gasteiger partial charge in [0.05, 0.1) is 0 Å². The van der Waals surface area contributed by atoms with E-state index in [0.717, 1.165) is 38.5 Å². The Morgan fingerprint density at radius 3 is 2.69 bits per heavy atom. The van der Waals surface area contributed by atoms with Crippen molar-refractivity contribution in [1.82, 2.24) is 10.6 Å². The molecule has 2 rings (SSSR count). The number of nitrogens with one attached hydrogen (secondary N) is 2. The van der Waals surface area contributed by atoms with Crippen molar-refractivity contribution in [2.24, 2.45) is 5.92 Å². The second kappa shape index (κ2) is 16.0. The molecule has 1 heterocycles. The fourth-order valence-corrected chi connectivity index (χ4v) is 4.54. The maximum atomic E-state index is 12.2. The Morgan fingerprint density at radius 2 is 2.00 bits per heavy atom. The monoisotopic (exact) mass is 542 g/mol. The van der Waals surface area contributed by atoms with Crippen LogP contribution in [0.4, 0.5) is 4.79 Å². The number of rotatable bonds is 14. The molecular weight excluding hydrogens is 506 g/mol.